The van der Waals surface area contributed by atoms with Crippen molar-refractivity contribution in [2.75, 3.05) is 0 Å². The minimum atomic E-state index is -0.968. The monoisotopic (exact) mass is 387 g/mol. The van der Waals surface area contributed by atoms with E-state index in [0.717, 1.165) is 21.2 Å². The third kappa shape index (κ3) is 3.08. The molecule has 0 saturated heterocycles. The lowest BCUT2D eigenvalue weighted by Crippen LogP contribution is -2.50. The van der Waals surface area contributed by atoms with Crippen molar-refractivity contribution in [2.45, 2.75) is 31.8 Å². The number of hydrogen-bond donors (Lipinski definition) is 1. The first-order valence-electron chi connectivity index (χ1n) is 7.83. The van der Waals surface area contributed by atoms with E-state index >= 15 is 0 Å². The molecule has 2 unspecified atom stereocenters. The fourth-order valence-corrected chi connectivity index (χ4v) is 3.73. The van der Waals surface area contributed by atoms with Gasteiger partial charge in [0.15, 0.2) is 0 Å². The number of carbonyl (C=O) groups is 2. The Kier molecular flexibility index (Phi) is 4.71. The van der Waals surface area contributed by atoms with Crippen molar-refractivity contribution in [3.05, 3.63) is 69.7 Å². The topological polar surface area (TPSA) is 57.6 Å². The van der Waals surface area contributed by atoms with Crippen LogP contribution < -0.4 is 0 Å². The van der Waals surface area contributed by atoms with Gasteiger partial charge >= 0.3 is 5.97 Å². The van der Waals surface area contributed by atoms with Crippen LogP contribution in [0, 0.1) is 0 Å². The first kappa shape index (κ1) is 16.7. The fourth-order valence-electron chi connectivity index (χ4n) is 3.16. The Morgan fingerprint density at radius 2 is 1.88 bits per heavy atom. The molecule has 2 atom stereocenters. The summed E-state index contributed by atoms with van der Waals surface area (Å²) in [6.07, 6.45) is 0.319. The highest BCUT2D eigenvalue weighted by Gasteiger charge is 2.37. The second-order valence-corrected chi connectivity index (χ2v) is 6.89. The number of carboxylic acids is 1. The Labute approximate surface area is 149 Å². The van der Waals surface area contributed by atoms with E-state index < -0.39 is 12.0 Å². The lowest BCUT2D eigenvalue weighted by atomic mass is 9.91. The van der Waals surface area contributed by atoms with Gasteiger partial charge in [0.1, 0.15) is 6.04 Å². The van der Waals surface area contributed by atoms with Gasteiger partial charge in [0.05, 0.1) is 5.92 Å². The summed E-state index contributed by atoms with van der Waals surface area (Å²) < 4.78 is 0.898. The van der Waals surface area contributed by atoms with Crippen LogP contribution in [0.5, 0.6) is 0 Å². The molecular weight excluding hydrogens is 370 g/mol. The summed E-state index contributed by atoms with van der Waals surface area (Å²) in [5, 5.41) is 9.62. The Hall–Kier alpha value is -2.14. The number of fused-ring (bicyclic) bond motifs is 1. The van der Waals surface area contributed by atoms with Gasteiger partial charge in [0, 0.05) is 17.4 Å². The van der Waals surface area contributed by atoms with Crippen LogP contribution in [-0.2, 0) is 22.6 Å². The van der Waals surface area contributed by atoms with E-state index in [4.69, 9.17) is 0 Å². The van der Waals surface area contributed by atoms with Crippen LogP contribution in [0.25, 0.3) is 0 Å². The molecule has 1 aliphatic heterocycles. The Bertz CT molecular complexity index is 775. The summed E-state index contributed by atoms with van der Waals surface area (Å²) in [5.41, 5.74) is 2.86. The molecular formula is C19H18BrNO3. The Morgan fingerprint density at radius 1 is 1.17 bits per heavy atom. The maximum atomic E-state index is 13.0. The highest BCUT2D eigenvalue weighted by atomic mass is 79.9. The molecule has 1 heterocycles. The summed E-state index contributed by atoms with van der Waals surface area (Å²) in [5.74, 6) is -1.49. The molecule has 3 rings (SSSR count). The molecule has 24 heavy (non-hydrogen) atoms. The summed E-state index contributed by atoms with van der Waals surface area (Å²) in [6.45, 7) is 2.15. The average molecular weight is 388 g/mol. The molecule has 0 aliphatic carbocycles. The highest BCUT2D eigenvalue weighted by Crippen LogP contribution is 2.31. The van der Waals surface area contributed by atoms with Crippen LogP contribution in [0.1, 0.15) is 29.5 Å². The lowest BCUT2D eigenvalue weighted by Gasteiger charge is -2.36. The number of amides is 1. The van der Waals surface area contributed by atoms with Crippen molar-refractivity contribution in [3.8, 4) is 0 Å². The number of carbonyl (C=O) groups excluding carboxylic acids is 1. The van der Waals surface area contributed by atoms with Gasteiger partial charge in [-0.05, 0) is 29.7 Å². The Morgan fingerprint density at radius 3 is 2.54 bits per heavy atom. The molecule has 0 saturated carbocycles. The van der Waals surface area contributed by atoms with Crippen LogP contribution in [0.3, 0.4) is 0 Å². The van der Waals surface area contributed by atoms with Crippen molar-refractivity contribution in [2.24, 2.45) is 0 Å². The quantitative estimate of drug-likeness (QED) is 0.875. The van der Waals surface area contributed by atoms with Gasteiger partial charge in [-0.25, -0.2) is 4.79 Å². The summed E-state index contributed by atoms with van der Waals surface area (Å²) in [4.78, 5) is 26.2. The van der Waals surface area contributed by atoms with Crippen LogP contribution in [-0.4, -0.2) is 27.9 Å². The van der Waals surface area contributed by atoms with E-state index in [2.05, 4.69) is 15.9 Å². The molecule has 1 amide bonds. The van der Waals surface area contributed by atoms with Gasteiger partial charge in [0.2, 0.25) is 5.91 Å². The number of aliphatic carboxylic acids is 1. The molecule has 0 radical (unpaired) electrons. The van der Waals surface area contributed by atoms with E-state index in [1.54, 1.807) is 0 Å². The maximum Gasteiger partial charge on any atom is 0.326 e. The maximum absolute atomic E-state index is 13.0. The normalized spacial score (nSPS) is 17.9. The van der Waals surface area contributed by atoms with E-state index in [9.17, 15) is 14.7 Å². The van der Waals surface area contributed by atoms with Gasteiger partial charge in [0.25, 0.3) is 0 Å². The van der Waals surface area contributed by atoms with Gasteiger partial charge in [-0.15, -0.1) is 0 Å². The largest absolute Gasteiger partial charge is 0.480 e. The van der Waals surface area contributed by atoms with E-state index in [1.165, 1.54) is 4.90 Å². The van der Waals surface area contributed by atoms with Crippen molar-refractivity contribution in [1.29, 1.82) is 0 Å². The van der Waals surface area contributed by atoms with Crippen molar-refractivity contribution >= 4 is 27.8 Å². The zero-order valence-corrected chi connectivity index (χ0v) is 14.9. The summed E-state index contributed by atoms with van der Waals surface area (Å²) >= 11 is 3.48. The first-order chi connectivity index (χ1) is 11.5. The van der Waals surface area contributed by atoms with E-state index in [1.807, 2.05) is 55.5 Å². The third-order valence-electron chi connectivity index (χ3n) is 4.57. The van der Waals surface area contributed by atoms with Crippen molar-refractivity contribution in [3.63, 3.8) is 0 Å². The number of carboxylic acid groups (broad SMARTS) is 1. The van der Waals surface area contributed by atoms with E-state index in [-0.39, 0.29) is 11.8 Å². The van der Waals surface area contributed by atoms with Crippen LogP contribution in [0.2, 0.25) is 0 Å². The molecule has 0 fully saturated rings. The number of hydrogen-bond acceptors (Lipinski definition) is 2. The molecule has 0 spiro atoms. The minimum absolute atomic E-state index is 0.153. The van der Waals surface area contributed by atoms with Crippen molar-refractivity contribution in [1.82, 2.24) is 4.90 Å². The third-order valence-corrected chi connectivity index (χ3v) is 5.31. The Balaban J connectivity index is 1.93. The van der Waals surface area contributed by atoms with Crippen LogP contribution >= 0.6 is 15.9 Å². The molecule has 5 heteroatoms. The summed E-state index contributed by atoms with van der Waals surface area (Å²) in [7, 11) is 0. The number of rotatable bonds is 3. The molecule has 2 aromatic rings. The van der Waals surface area contributed by atoms with Crippen LogP contribution in [0.4, 0.5) is 0 Å². The minimum Gasteiger partial charge on any atom is -0.480 e. The smallest absolute Gasteiger partial charge is 0.326 e. The highest BCUT2D eigenvalue weighted by molar-refractivity contribution is 9.10. The van der Waals surface area contributed by atoms with Gasteiger partial charge < -0.3 is 10.0 Å². The zero-order valence-electron chi connectivity index (χ0n) is 13.3. The average Bonchev–Trinajstić information content (AvgIpc) is 2.60. The summed E-state index contributed by atoms with van der Waals surface area (Å²) in [6, 6.07) is 14.4. The predicted octanol–water partition coefficient (Wildman–Crippen LogP) is 3.59. The zero-order chi connectivity index (χ0) is 17.3. The molecule has 4 nitrogen and oxygen atoms in total. The van der Waals surface area contributed by atoms with Crippen molar-refractivity contribution < 1.29 is 14.7 Å². The second-order valence-electron chi connectivity index (χ2n) is 6.03. The second kappa shape index (κ2) is 6.77. The molecule has 0 bridgehead atoms. The van der Waals surface area contributed by atoms with Gasteiger partial charge in [-0.2, -0.15) is 0 Å². The van der Waals surface area contributed by atoms with E-state index in [0.29, 0.717) is 13.0 Å². The lowest BCUT2D eigenvalue weighted by molar-refractivity contribution is -0.152. The number of benzene rings is 2. The van der Waals surface area contributed by atoms with Crippen LogP contribution in [0.15, 0.2) is 53.0 Å². The fraction of sp³-hybridized carbons (Fsp3) is 0.263. The number of halogens is 1. The van der Waals surface area contributed by atoms with Gasteiger partial charge in [-0.1, -0.05) is 58.4 Å². The molecule has 2 aromatic carbocycles. The standard InChI is InChI=1S/C19H18BrNO3/c1-12(13-6-3-2-4-7-13)18(22)21-11-14-8-5-9-16(20)15(14)10-17(21)19(23)24/h2-9,12,17H,10-11H2,1H3,(H,23,24). The molecule has 1 N–H and O–H groups in total. The molecule has 1 aliphatic rings. The first-order valence-corrected chi connectivity index (χ1v) is 8.63. The predicted molar refractivity (Wildman–Crippen MR) is 94.7 cm³/mol. The molecule has 0 aromatic heterocycles. The van der Waals surface area contributed by atoms with Gasteiger partial charge in [-0.3, -0.25) is 4.79 Å². The SMILES string of the molecule is CC(C(=O)N1Cc2cccc(Br)c2CC1C(=O)O)c1ccccc1. The number of nitrogens with zero attached hydrogens (tertiary/aromatic N) is 1. The molecule has 124 valence electrons.